The number of nitrogens with zero attached hydrogens (tertiary/aromatic N) is 8. The number of nitro groups is 1. The number of carbonyl (C=O) groups excluding carboxylic acids is 1. The van der Waals surface area contributed by atoms with E-state index in [9.17, 15) is 23.3 Å². The highest BCUT2D eigenvalue weighted by molar-refractivity contribution is 7.90. The summed E-state index contributed by atoms with van der Waals surface area (Å²) in [4.78, 5) is 34.5. The number of rotatable bonds is 18. The largest absolute Gasteiger partial charge is 0.454 e. The maximum atomic E-state index is 14.3. The second kappa shape index (κ2) is 21.2. The van der Waals surface area contributed by atoms with Crippen molar-refractivity contribution in [1.29, 1.82) is 0 Å². The van der Waals surface area contributed by atoms with Gasteiger partial charge in [-0.1, -0.05) is 74.1 Å². The van der Waals surface area contributed by atoms with Crippen LogP contribution < -0.4 is 19.3 Å². The second-order valence-corrected chi connectivity index (χ2v) is 29.3. The Balaban J connectivity index is 0.963. The van der Waals surface area contributed by atoms with Gasteiger partial charge in [-0.15, -0.1) is 5.10 Å². The van der Waals surface area contributed by atoms with Gasteiger partial charge in [0, 0.05) is 96.4 Å². The van der Waals surface area contributed by atoms with Gasteiger partial charge in [0.25, 0.3) is 21.6 Å². The van der Waals surface area contributed by atoms with Crippen molar-refractivity contribution in [3.05, 3.63) is 111 Å². The Morgan fingerprint density at radius 2 is 1.76 bits per heavy atom. The Labute approximate surface area is 428 Å². The van der Waals surface area contributed by atoms with Crippen molar-refractivity contribution < 1.29 is 32.3 Å². The lowest BCUT2D eigenvalue weighted by atomic mass is 9.72. The smallest absolute Gasteiger partial charge is 0.293 e. The summed E-state index contributed by atoms with van der Waals surface area (Å²) in [5.74, 6) is -0.583. The number of ether oxygens (including phenoxy) is 3. The van der Waals surface area contributed by atoms with Crippen LogP contribution in [0.1, 0.15) is 61.9 Å². The maximum absolute atomic E-state index is 14.3. The van der Waals surface area contributed by atoms with Gasteiger partial charge in [-0.25, -0.2) is 17.8 Å². The van der Waals surface area contributed by atoms with Crippen LogP contribution in [0.5, 0.6) is 11.5 Å². The van der Waals surface area contributed by atoms with Crippen LogP contribution in [0.2, 0.25) is 30.7 Å². The van der Waals surface area contributed by atoms with E-state index < -0.39 is 45.7 Å². The van der Waals surface area contributed by atoms with Crippen LogP contribution >= 0.6 is 11.6 Å². The molecule has 2 aliphatic carbocycles. The van der Waals surface area contributed by atoms with Gasteiger partial charge in [-0.3, -0.25) is 24.7 Å². The summed E-state index contributed by atoms with van der Waals surface area (Å²) < 4.78 is 50.5. The van der Waals surface area contributed by atoms with Crippen LogP contribution in [0, 0.1) is 15.5 Å². The first-order chi connectivity index (χ1) is 34.3. The van der Waals surface area contributed by atoms with E-state index >= 15 is 0 Å². The zero-order valence-electron chi connectivity index (χ0n) is 42.1. The molecule has 0 bridgehead atoms. The van der Waals surface area contributed by atoms with Crippen LogP contribution in [-0.4, -0.2) is 130 Å². The Kier molecular flexibility index (Phi) is 15.2. The number of anilines is 2. The summed E-state index contributed by atoms with van der Waals surface area (Å²) in [6.07, 6.45) is 4.93. The van der Waals surface area contributed by atoms with E-state index in [1.165, 1.54) is 28.8 Å². The number of hydrogen-bond acceptors (Lipinski definition) is 14. The minimum atomic E-state index is -4.64. The third-order valence-electron chi connectivity index (χ3n) is 14.3. The highest BCUT2D eigenvalue weighted by Gasteiger charge is 2.36. The average Bonchev–Trinajstić information content (AvgIpc) is 4.12. The number of morpholine rings is 1. The molecular formula is C52H66ClN9O8SSi. The molecule has 1 amide bonds. The normalized spacial score (nSPS) is 19.2. The van der Waals surface area contributed by atoms with Crippen molar-refractivity contribution in [3.8, 4) is 11.5 Å². The molecule has 1 aromatic heterocycles. The number of nitrogens with one attached hydrogen (secondary N) is 1. The fraction of sp³-hybridized carbons (Fsp3) is 0.481. The zero-order chi connectivity index (χ0) is 51.0. The summed E-state index contributed by atoms with van der Waals surface area (Å²) in [6, 6.07) is 23.8. The highest BCUT2D eigenvalue weighted by Crippen LogP contribution is 2.44. The van der Waals surface area contributed by atoms with Gasteiger partial charge in [0.2, 0.25) is 0 Å². The molecule has 2 aliphatic heterocycles. The van der Waals surface area contributed by atoms with E-state index in [0.29, 0.717) is 55.7 Å². The standard InChI is InChI=1S/C52H66ClN9O8SSi/c1-52(2)21-20-37(43(32-52)36-10-12-38(53)13-11-36)33-58-22-24-59(25-23-58)40-16-18-42(48(30-40)70-47-9-7-8-45-50(47)54-56-61(45)35-68-28-29-72(4,5)6)51(63)55-71(66,67)41-17-19-44(46(31-41)62(64)65)57(3)49-34-60(26-27-69-49)39-14-15-39/h7-13,16-19,30-31,39,49H,14-15,20-29,32-35H2,1-6H3,(H,55,63)/t49-/m0/s1. The van der Waals surface area contributed by atoms with Gasteiger partial charge in [0.1, 0.15) is 24.4 Å². The summed E-state index contributed by atoms with van der Waals surface area (Å²) >= 11 is 6.28. The number of fused-ring (bicyclic) bond motifs is 1. The number of hydrogen-bond donors (Lipinski definition) is 1. The van der Waals surface area contributed by atoms with Crippen molar-refractivity contribution in [2.45, 2.75) is 95.5 Å². The summed E-state index contributed by atoms with van der Waals surface area (Å²) in [6.45, 7) is 18.0. The van der Waals surface area contributed by atoms with E-state index in [1.807, 2.05) is 18.2 Å². The highest BCUT2D eigenvalue weighted by atomic mass is 35.5. The zero-order valence-corrected chi connectivity index (χ0v) is 44.7. The molecule has 20 heteroatoms. The summed E-state index contributed by atoms with van der Waals surface area (Å²) in [5, 5.41) is 22.0. The van der Waals surface area contributed by atoms with Crippen LogP contribution in [0.4, 0.5) is 17.1 Å². The van der Waals surface area contributed by atoms with Crippen molar-refractivity contribution in [2.24, 2.45) is 5.41 Å². The molecule has 3 heterocycles. The molecule has 17 nitrogen and oxygen atoms in total. The van der Waals surface area contributed by atoms with E-state index in [4.69, 9.17) is 25.8 Å². The van der Waals surface area contributed by atoms with Crippen LogP contribution in [0.25, 0.3) is 16.6 Å². The quantitative estimate of drug-likeness (QED) is 0.0380. The molecule has 0 spiro atoms. The molecule has 384 valence electrons. The molecule has 1 N–H and O–H groups in total. The van der Waals surface area contributed by atoms with Gasteiger partial charge in [-0.2, -0.15) is 0 Å². The molecule has 1 saturated carbocycles. The first-order valence-corrected chi connectivity index (χ1v) is 30.5. The molecule has 5 aromatic rings. The lowest BCUT2D eigenvalue weighted by molar-refractivity contribution is -0.384. The molecular weight excluding hydrogens is 974 g/mol. The molecule has 72 heavy (non-hydrogen) atoms. The Bertz CT molecular complexity index is 2950. The van der Waals surface area contributed by atoms with E-state index in [1.54, 1.807) is 47.0 Å². The lowest BCUT2D eigenvalue weighted by Crippen LogP contribution is -2.50. The molecule has 1 atom stereocenters. The molecule has 2 saturated heterocycles. The molecule has 3 fully saturated rings. The van der Waals surface area contributed by atoms with Crippen molar-refractivity contribution in [2.75, 3.05) is 75.9 Å². The first kappa shape index (κ1) is 51.5. The number of benzene rings is 4. The predicted molar refractivity (Wildman–Crippen MR) is 283 cm³/mol. The lowest BCUT2D eigenvalue weighted by Gasteiger charge is -2.39. The summed E-state index contributed by atoms with van der Waals surface area (Å²) in [5.41, 5.74) is 5.86. The molecule has 0 unspecified atom stereocenters. The van der Waals surface area contributed by atoms with Crippen molar-refractivity contribution in [1.82, 2.24) is 29.5 Å². The van der Waals surface area contributed by atoms with Crippen molar-refractivity contribution >= 4 is 69.3 Å². The van der Waals surface area contributed by atoms with Gasteiger partial charge >= 0.3 is 0 Å². The number of allylic oxidation sites excluding steroid dienone is 1. The van der Waals surface area contributed by atoms with Gasteiger partial charge in [-0.05, 0) is 103 Å². The topological polar surface area (TPSA) is 178 Å². The van der Waals surface area contributed by atoms with E-state index in [2.05, 4.69) is 75.4 Å². The van der Waals surface area contributed by atoms with Gasteiger partial charge in [0.15, 0.2) is 11.3 Å². The van der Waals surface area contributed by atoms with Crippen LogP contribution in [0.3, 0.4) is 0 Å². The maximum Gasteiger partial charge on any atom is 0.293 e. The minimum absolute atomic E-state index is 0.0672. The molecule has 4 aromatic carbocycles. The fourth-order valence-electron chi connectivity index (χ4n) is 9.83. The number of nitro benzene ring substituents is 1. The number of carbonyl (C=O) groups is 1. The van der Waals surface area contributed by atoms with Crippen molar-refractivity contribution in [3.63, 3.8) is 0 Å². The number of sulfonamides is 1. The van der Waals surface area contributed by atoms with Crippen LogP contribution in [0.15, 0.2) is 89.3 Å². The number of halogens is 1. The number of amides is 1. The predicted octanol–water partition coefficient (Wildman–Crippen LogP) is 9.26. The van der Waals surface area contributed by atoms with E-state index in [0.717, 1.165) is 81.1 Å². The number of piperazine rings is 1. The fourth-order valence-corrected chi connectivity index (χ4v) is 11.7. The van der Waals surface area contributed by atoms with Gasteiger partial charge < -0.3 is 24.0 Å². The Hall–Kier alpha value is -5.41. The monoisotopic (exact) mass is 1040 g/mol. The number of likely N-dealkylation sites (N-methyl/N-ethyl adjacent to an activating group) is 1. The second-order valence-electron chi connectivity index (χ2n) is 21.5. The number of aromatic nitrogens is 3. The first-order valence-electron chi connectivity index (χ1n) is 24.9. The molecule has 0 radical (unpaired) electrons. The molecule has 4 aliphatic rings. The molecule has 9 rings (SSSR count). The van der Waals surface area contributed by atoms with E-state index in [-0.39, 0.29) is 29.1 Å². The minimum Gasteiger partial charge on any atom is -0.454 e. The third-order valence-corrected chi connectivity index (χ3v) is 17.6. The van der Waals surface area contributed by atoms with Crippen LogP contribution in [-0.2, 0) is 26.2 Å². The summed E-state index contributed by atoms with van der Waals surface area (Å²) in [7, 11) is -4.26. The SMILES string of the molecule is CN(c1ccc(S(=O)(=O)NC(=O)c2ccc(N3CCN(CC4=C(c5ccc(Cl)cc5)CC(C)(C)CC4)CC3)cc2Oc2cccc3c2nnn3COCC[Si](C)(C)C)cc1[N+](=O)[O-])[C@@H]1CN(C2CC2)CCO1. The van der Waals surface area contributed by atoms with Gasteiger partial charge in [0.05, 0.1) is 27.5 Å². The average molecular weight is 1040 g/mol. The Morgan fingerprint density at radius 3 is 2.49 bits per heavy atom. The third kappa shape index (κ3) is 12.2. The Morgan fingerprint density at radius 1 is 1.00 bits per heavy atom.